The first kappa shape index (κ1) is 21.1. The third kappa shape index (κ3) is 6.77. The van der Waals surface area contributed by atoms with Crippen molar-refractivity contribution in [3.63, 3.8) is 0 Å². The Bertz CT molecular complexity index is 835. The van der Waals surface area contributed by atoms with Crippen LogP contribution in [0.25, 0.3) is 0 Å². The summed E-state index contributed by atoms with van der Waals surface area (Å²) in [5.41, 5.74) is 1.27. The van der Waals surface area contributed by atoms with Crippen molar-refractivity contribution in [1.29, 1.82) is 0 Å². The van der Waals surface area contributed by atoms with Crippen LogP contribution >= 0.6 is 0 Å². The quantitative estimate of drug-likeness (QED) is 0.610. The molecule has 1 amide bonds. The van der Waals surface area contributed by atoms with Gasteiger partial charge in [0.25, 0.3) is 5.91 Å². The van der Waals surface area contributed by atoms with Crippen LogP contribution in [0.1, 0.15) is 42.1 Å². The second kappa shape index (κ2) is 10.2. The van der Waals surface area contributed by atoms with E-state index in [-0.39, 0.29) is 23.2 Å². The van der Waals surface area contributed by atoms with Crippen molar-refractivity contribution in [1.82, 2.24) is 10.0 Å². The summed E-state index contributed by atoms with van der Waals surface area (Å²) in [5.74, 6) is -0.534. The smallest absolute Gasteiger partial charge is 0.251 e. The van der Waals surface area contributed by atoms with Crippen LogP contribution in [0.5, 0.6) is 0 Å². The van der Waals surface area contributed by atoms with Crippen molar-refractivity contribution in [2.24, 2.45) is 0 Å². The van der Waals surface area contributed by atoms with Gasteiger partial charge in [0, 0.05) is 18.7 Å². The number of carbonyl (C=O) groups excluding carboxylic acids is 1. The maximum atomic E-state index is 12.9. The van der Waals surface area contributed by atoms with Crippen molar-refractivity contribution >= 4 is 15.9 Å². The van der Waals surface area contributed by atoms with Crippen molar-refractivity contribution < 1.29 is 17.6 Å². The molecule has 0 radical (unpaired) electrons. The second-order valence-electron chi connectivity index (χ2n) is 6.26. The van der Waals surface area contributed by atoms with Gasteiger partial charge in [-0.25, -0.2) is 17.5 Å². The molecule has 5 nitrogen and oxygen atoms in total. The third-order valence-corrected chi connectivity index (χ3v) is 5.59. The number of hydrogen-bond donors (Lipinski definition) is 2. The number of unbranched alkanes of at least 4 members (excludes halogenated alkanes) is 2. The standard InChI is InChI=1S/C20H25FN2O3S/c1-2-3-4-14-22-20(24)17-7-11-19(12-8-17)27(25,26)23-15-13-16-5-9-18(21)10-6-16/h5-12,23H,2-4,13-15H2,1H3,(H,22,24). The molecule has 0 saturated carbocycles. The molecule has 0 unspecified atom stereocenters. The molecule has 7 heteroatoms. The topological polar surface area (TPSA) is 75.3 Å². The highest BCUT2D eigenvalue weighted by atomic mass is 32.2. The molecule has 0 spiro atoms. The van der Waals surface area contributed by atoms with Gasteiger partial charge in [0.1, 0.15) is 5.82 Å². The van der Waals surface area contributed by atoms with Gasteiger partial charge >= 0.3 is 0 Å². The minimum atomic E-state index is -3.66. The van der Waals surface area contributed by atoms with E-state index in [1.807, 2.05) is 0 Å². The SMILES string of the molecule is CCCCCNC(=O)c1ccc(S(=O)(=O)NCCc2ccc(F)cc2)cc1. The monoisotopic (exact) mass is 392 g/mol. The molecule has 0 heterocycles. The summed E-state index contributed by atoms with van der Waals surface area (Å²) in [6.07, 6.45) is 3.52. The van der Waals surface area contributed by atoms with Crippen LogP contribution in [-0.4, -0.2) is 27.4 Å². The maximum Gasteiger partial charge on any atom is 0.251 e. The Hall–Kier alpha value is -2.25. The molecule has 0 bridgehead atoms. The fraction of sp³-hybridized carbons (Fsp3) is 0.350. The Balaban J connectivity index is 1.88. The van der Waals surface area contributed by atoms with Crippen LogP contribution < -0.4 is 10.0 Å². The van der Waals surface area contributed by atoms with Crippen LogP contribution in [0.3, 0.4) is 0 Å². The Morgan fingerprint density at radius 1 is 0.963 bits per heavy atom. The van der Waals surface area contributed by atoms with E-state index in [2.05, 4.69) is 17.0 Å². The van der Waals surface area contributed by atoms with Gasteiger partial charge in [-0.2, -0.15) is 0 Å². The highest BCUT2D eigenvalue weighted by molar-refractivity contribution is 7.89. The van der Waals surface area contributed by atoms with Crippen LogP contribution in [0.2, 0.25) is 0 Å². The summed E-state index contributed by atoms with van der Waals surface area (Å²) in [6, 6.07) is 11.8. The molecule has 2 aromatic carbocycles. The van der Waals surface area contributed by atoms with Gasteiger partial charge in [0.2, 0.25) is 10.0 Å². The first-order valence-electron chi connectivity index (χ1n) is 9.05. The first-order valence-corrected chi connectivity index (χ1v) is 10.5. The fourth-order valence-corrected chi connectivity index (χ4v) is 3.56. The highest BCUT2D eigenvalue weighted by Gasteiger charge is 2.14. The van der Waals surface area contributed by atoms with E-state index in [1.54, 1.807) is 12.1 Å². The molecule has 146 valence electrons. The predicted molar refractivity (Wildman–Crippen MR) is 104 cm³/mol. The van der Waals surface area contributed by atoms with E-state index in [9.17, 15) is 17.6 Å². The zero-order valence-corrected chi connectivity index (χ0v) is 16.2. The minimum absolute atomic E-state index is 0.101. The fourth-order valence-electron chi connectivity index (χ4n) is 2.53. The molecule has 0 fully saturated rings. The molecule has 0 aliphatic carbocycles. The van der Waals surface area contributed by atoms with E-state index in [4.69, 9.17) is 0 Å². The zero-order chi connectivity index (χ0) is 19.7. The van der Waals surface area contributed by atoms with Crippen molar-refractivity contribution in [2.75, 3.05) is 13.1 Å². The lowest BCUT2D eigenvalue weighted by Crippen LogP contribution is -2.26. The Kier molecular flexibility index (Phi) is 7.94. The third-order valence-electron chi connectivity index (χ3n) is 4.11. The molecule has 0 aliphatic rings. The summed E-state index contributed by atoms with van der Waals surface area (Å²) in [5, 5.41) is 2.82. The lowest BCUT2D eigenvalue weighted by atomic mass is 10.1. The number of halogens is 1. The number of sulfonamides is 1. The van der Waals surface area contributed by atoms with Gasteiger partial charge in [-0.3, -0.25) is 4.79 Å². The lowest BCUT2D eigenvalue weighted by molar-refractivity contribution is 0.0953. The van der Waals surface area contributed by atoms with Gasteiger partial charge in [-0.1, -0.05) is 31.9 Å². The number of carbonyl (C=O) groups is 1. The molecule has 0 saturated heterocycles. The summed E-state index contributed by atoms with van der Waals surface area (Å²) >= 11 is 0. The molecule has 2 rings (SSSR count). The van der Waals surface area contributed by atoms with E-state index in [0.29, 0.717) is 18.5 Å². The van der Waals surface area contributed by atoms with Crippen LogP contribution in [0.15, 0.2) is 53.4 Å². The normalized spacial score (nSPS) is 11.3. The van der Waals surface area contributed by atoms with Crippen molar-refractivity contribution in [3.8, 4) is 0 Å². The molecule has 0 aliphatic heterocycles. The number of amides is 1. The average molecular weight is 392 g/mol. The number of rotatable bonds is 10. The molecule has 0 aromatic heterocycles. The molecular weight excluding hydrogens is 367 g/mol. The largest absolute Gasteiger partial charge is 0.352 e. The van der Waals surface area contributed by atoms with Gasteiger partial charge in [-0.15, -0.1) is 0 Å². The highest BCUT2D eigenvalue weighted by Crippen LogP contribution is 2.11. The molecule has 27 heavy (non-hydrogen) atoms. The molecule has 0 atom stereocenters. The summed E-state index contributed by atoms with van der Waals surface area (Å²) in [6.45, 7) is 2.90. The second-order valence-corrected chi connectivity index (χ2v) is 8.03. The van der Waals surface area contributed by atoms with Crippen LogP contribution in [0.4, 0.5) is 4.39 Å². The molecule has 2 N–H and O–H groups in total. The number of benzene rings is 2. The first-order chi connectivity index (χ1) is 12.9. The Labute approximate surface area is 160 Å². The minimum Gasteiger partial charge on any atom is -0.352 e. The van der Waals surface area contributed by atoms with Crippen LogP contribution in [0, 0.1) is 5.82 Å². The van der Waals surface area contributed by atoms with Crippen molar-refractivity contribution in [3.05, 3.63) is 65.5 Å². The van der Waals surface area contributed by atoms with Crippen LogP contribution in [-0.2, 0) is 16.4 Å². The predicted octanol–water partition coefficient (Wildman–Crippen LogP) is 3.27. The van der Waals surface area contributed by atoms with Gasteiger partial charge in [0.05, 0.1) is 4.90 Å². The molecule has 2 aromatic rings. The van der Waals surface area contributed by atoms with E-state index < -0.39 is 10.0 Å². The van der Waals surface area contributed by atoms with E-state index in [1.165, 1.54) is 36.4 Å². The summed E-state index contributed by atoms with van der Waals surface area (Å²) < 4.78 is 40.0. The molecular formula is C20H25FN2O3S. The van der Waals surface area contributed by atoms with Gasteiger partial charge in [0.15, 0.2) is 0 Å². The zero-order valence-electron chi connectivity index (χ0n) is 15.4. The van der Waals surface area contributed by atoms with Crippen molar-refractivity contribution in [2.45, 2.75) is 37.5 Å². The van der Waals surface area contributed by atoms with E-state index in [0.717, 1.165) is 24.8 Å². The number of hydrogen-bond acceptors (Lipinski definition) is 3. The van der Waals surface area contributed by atoms with E-state index >= 15 is 0 Å². The Morgan fingerprint density at radius 2 is 1.63 bits per heavy atom. The van der Waals surface area contributed by atoms with Gasteiger partial charge < -0.3 is 5.32 Å². The van der Waals surface area contributed by atoms with Gasteiger partial charge in [-0.05, 0) is 54.8 Å². The average Bonchev–Trinajstić information content (AvgIpc) is 2.67. The summed E-state index contributed by atoms with van der Waals surface area (Å²) in [4.78, 5) is 12.1. The number of nitrogens with one attached hydrogen (secondary N) is 2. The summed E-state index contributed by atoms with van der Waals surface area (Å²) in [7, 11) is -3.66. The lowest BCUT2D eigenvalue weighted by Gasteiger charge is -2.08. The maximum absolute atomic E-state index is 12.9. The Morgan fingerprint density at radius 3 is 2.26 bits per heavy atom.